The zero-order chi connectivity index (χ0) is 27.3. The van der Waals surface area contributed by atoms with Crippen molar-refractivity contribution in [3.63, 3.8) is 0 Å². The van der Waals surface area contributed by atoms with Crippen LogP contribution >= 0.6 is 0 Å². The third-order valence-corrected chi connectivity index (χ3v) is 8.28. The highest BCUT2D eigenvalue weighted by Crippen LogP contribution is 2.62. The second-order valence-electron chi connectivity index (χ2n) is 10.2. The van der Waals surface area contributed by atoms with E-state index in [2.05, 4.69) is 30.3 Å². The average Bonchev–Trinajstić information content (AvgIpc) is 3.04. The van der Waals surface area contributed by atoms with Gasteiger partial charge in [0.2, 0.25) is 0 Å². The van der Waals surface area contributed by atoms with Crippen molar-refractivity contribution in [3.05, 3.63) is 189 Å². The summed E-state index contributed by atoms with van der Waals surface area (Å²) in [6.07, 6.45) is 0. The van der Waals surface area contributed by atoms with Crippen LogP contribution in [0.2, 0.25) is 0 Å². The summed E-state index contributed by atoms with van der Waals surface area (Å²) in [5, 5.41) is 9.56. The SMILES string of the molecule is N#Cc1ccc(C23C(C(=O)c4ccccc4)=C(C(=O)c4ccccc4)C(c4ccccc42)c2ccccc23)cc1. The molecule has 3 aliphatic carbocycles. The van der Waals surface area contributed by atoms with Crippen LogP contribution in [0.5, 0.6) is 0 Å². The van der Waals surface area contributed by atoms with Gasteiger partial charge in [0.25, 0.3) is 0 Å². The lowest BCUT2D eigenvalue weighted by Crippen LogP contribution is -2.47. The number of hydrogen-bond acceptors (Lipinski definition) is 3. The molecule has 0 heterocycles. The highest BCUT2D eigenvalue weighted by molar-refractivity contribution is 6.22. The van der Waals surface area contributed by atoms with Gasteiger partial charge in [0.05, 0.1) is 17.0 Å². The van der Waals surface area contributed by atoms with E-state index in [-0.39, 0.29) is 17.5 Å². The van der Waals surface area contributed by atoms with Crippen molar-refractivity contribution >= 4 is 11.6 Å². The number of Topliss-reactive ketones (excluding diaryl/α,β-unsaturated/α-hetero) is 2. The minimum absolute atomic E-state index is 0.146. The van der Waals surface area contributed by atoms with Crippen molar-refractivity contribution in [2.24, 2.45) is 0 Å². The zero-order valence-corrected chi connectivity index (χ0v) is 21.5. The van der Waals surface area contributed by atoms with E-state index in [1.807, 2.05) is 97.1 Å². The lowest BCUT2D eigenvalue weighted by atomic mass is 9.49. The first kappa shape index (κ1) is 23.8. The van der Waals surface area contributed by atoms with Crippen LogP contribution in [0.25, 0.3) is 0 Å². The van der Waals surface area contributed by atoms with E-state index >= 15 is 0 Å². The summed E-state index contributed by atoms with van der Waals surface area (Å²) in [4.78, 5) is 29.4. The molecule has 0 atom stereocenters. The molecule has 0 aliphatic heterocycles. The maximum atomic E-state index is 14.8. The smallest absolute Gasteiger partial charge is 0.191 e. The maximum absolute atomic E-state index is 14.8. The predicted octanol–water partition coefficient (Wildman–Crippen LogP) is 7.41. The summed E-state index contributed by atoms with van der Waals surface area (Å²) in [7, 11) is 0. The number of allylic oxidation sites excluding steroid dienone is 2. The molecule has 0 radical (unpaired) electrons. The highest BCUT2D eigenvalue weighted by atomic mass is 16.1. The lowest BCUT2D eigenvalue weighted by molar-refractivity contribution is 0.0982. The number of nitrogens with zero attached hydrogens (tertiary/aromatic N) is 1. The third kappa shape index (κ3) is 3.23. The van der Waals surface area contributed by atoms with Gasteiger partial charge in [-0.2, -0.15) is 5.26 Å². The van der Waals surface area contributed by atoms with Gasteiger partial charge < -0.3 is 0 Å². The van der Waals surface area contributed by atoms with E-state index in [9.17, 15) is 14.9 Å². The van der Waals surface area contributed by atoms with Crippen molar-refractivity contribution in [2.75, 3.05) is 0 Å². The fraction of sp³-hybridized carbons (Fsp3) is 0.0541. The Morgan fingerprint density at radius 2 is 1.05 bits per heavy atom. The van der Waals surface area contributed by atoms with Gasteiger partial charge in [0.15, 0.2) is 11.6 Å². The van der Waals surface area contributed by atoms with Crippen molar-refractivity contribution < 1.29 is 9.59 Å². The van der Waals surface area contributed by atoms with Crippen molar-refractivity contribution in [1.29, 1.82) is 5.26 Å². The van der Waals surface area contributed by atoms with Crippen molar-refractivity contribution in [2.45, 2.75) is 11.3 Å². The van der Waals surface area contributed by atoms with Crippen LogP contribution in [0.4, 0.5) is 0 Å². The second kappa shape index (κ2) is 9.15. The predicted molar refractivity (Wildman–Crippen MR) is 154 cm³/mol. The molecule has 5 aromatic carbocycles. The molecule has 0 aromatic heterocycles. The quantitative estimate of drug-likeness (QED) is 0.230. The number of carbonyl (C=O) groups excluding carboxylic acids is 2. The van der Waals surface area contributed by atoms with Gasteiger partial charge in [-0.1, -0.05) is 121 Å². The number of carbonyl (C=O) groups is 2. The summed E-state index contributed by atoms with van der Waals surface area (Å²) in [6.45, 7) is 0. The molecule has 0 saturated carbocycles. The summed E-state index contributed by atoms with van der Waals surface area (Å²) >= 11 is 0. The first-order valence-corrected chi connectivity index (χ1v) is 13.3. The van der Waals surface area contributed by atoms with Crippen molar-refractivity contribution in [1.82, 2.24) is 0 Å². The number of rotatable bonds is 5. The molecule has 3 nitrogen and oxygen atoms in total. The lowest BCUT2D eigenvalue weighted by Gasteiger charge is -2.51. The first-order chi connectivity index (χ1) is 19.7. The number of hydrogen-bond donors (Lipinski definition) is 0. The maximum Gasteiger partial charge on any atom is 0.191 e. The van der Waals surface area contributed by atoms with Crippen LogP contribution in [0.1, 0.15) is 60.0 Å². The minimum Gasteiger partial charge on any atom is -0.289 e. The molecule has 0 N–H and O–H groups in total. The average molecular weight is 514 g/mol. The van der Waals surface area contributed by atoms with E-state index in [0.717, 1.165) is 27.8 Å². The summed E-state index contributed by atoms with van der Waals surface area (Å²) in [6, 6.07) is 44.4. The number of nitriles is 1. The van der Waals surface area contributed by atoms with E-state index in [1.54, 1.807) is 12.1 Å². The summed E-state index contributed by atoms with van der Waals surface area (Å²) < 4.78 is 0. The van der Waals surface area contributed by atoms with Gasteiger partial charge in [0, 0.05) is 28.2 Å². The molecule has 188 valence electrons. The summed E-state index contributed by atoms with van der Waals surface area (Å²) in [5.41, 5.74) is 6.46. The van der Waals surface area contributed by atoms with Gasteiger partial charge in [-0.25, -0.2) is 0 Å². The molecule has 3 aliphatic rings. The Morgan fingerprint density at radius 1 is 0.575 bits per heavy atom. The van der Waals surface area contributed by atoms with Crippen LogP contribution in [0.15, 0.2) is 145 Å². The molecule has 3 heteroatoms. The van der Waals surface area contributed by atoms with Gasteiger partial charge in [-0.3, -0.25) is 9.59 Å². The Kier molecular flexibility index (Phi) is 5.44. The van der Waals surface area contributed by atoms with Gasteiger partial charge >= 0.3 is 0 Å². The van der Waals surface area contributed by atoms with Crippen LogP contribution in [-0.2, 0) is 5.41 Å². The fourth-order valence-electron chi connectivity index (χ4n) is 6.69. The van der Waals surface area contributed by atoms with Crippen LogP contribution in [-0.4, -0.2) is 11.6 Å². The molecule has 2 bridgehead atoms. The van der Waals surface area contributed by atoms with E-state index in [4.69, 9.17) is 0 Å². The number of benzene rings is 5. The second-order valence-corrected chi connectivity index (χ2v) is 10.2. The monoisotopic (exact) mass is 513 g/mol. The van der Waals surface area contributed by atoms with Gasteiger partial charge in [-0.05, 0) is 39.9 Å². The van der Waals surface area contributed by atoms with Gasteiger partial charge in [-0.15, -0.1) is 0 Å². The molecule has 0 unspecified atom stereocenters. The minimum atomic E-state index is -1.04. The Hall–Kier alpha value is -5.33. The van der Waals surface area contributed by atoms with E-state index in [1.165, 1.54) is 0 Å². The fourth-order valence-corrected chi connectivity index (χ4v) is 6.69. The zero-order valence-electron chi connectivity index (χ0n) is 21.5. The third-order valence-electron chi connectivity index (χ3n) is 8.28. The Morgan fingerprint density at radius 3 is 1.57 bits per heavy atom. The molecule has 0 fully saturated rings. The van der Waals surface area contributed by atoms with E-state index < -0.39 is 5.41 Å². The molecule has 0 saturated heterocycles. The van der Waals surface area contributed by atoms with Crippen LogP contribution < -0.4 is 0 Å². The molecule has 0 amide bonds. The Bertz CT molecular complexity index is 1830. The molecular formula is C37H23NO2. The van der Waals surface area contributed by atoms with E-state index in [0.29, 0.717) is 27.8 Å². The Labute approximate surface area is 232 Å². The largest absolute Gasteiger partial charge is 0.289 e. The van der Waals surface area contributed by atoms with Crippen LogP contribution in [0.3, 0.4) is 0 Å². The van der Waals surface area contributed by atoms with Gasteiger partial charge in [0.1, 0.15) is 0 Å². The Balaban J connectivity index is 1.67. The molecule has 8 rings (SSSR count). The highest BCUT2D eigenvalue weighted by Gasteiger charge is 2.57. The molecule has 40 heavy (non-hydrogen) atoms. The summed E-state index contributed by atoms with van der Waals surface area (Å²) in [5.74, 6) is -0.701. The molecule has 0 spiro atoms. The van der Waals surface area contributed by atoms with Crippen molar-refractivity contribution in [3.8, 4) is 6.07 Å². The first-order valence-electron chi connectivity index (χ1n) is 13.3. The normalized spacial score (nSPS) is 18.4. The van der Waals surface area contributed by atoms with Crippen LogP contribution in [0, 0.1) is 11.3 Å². The molecule has 5 aromatic rings. The standard InChI is InChI=1S/C37H23NO2/c38-23-24-19-21-27(22-20-24)37-30-17-9-7-15-28(30)32(29-16-8-10-18-31(29)37)33(35(39)25-11-3-1-4-12-25)34(37)36(40)26-13-5-2-6-14-26/h1-22,32H. The topological polar surface area (TPSA) is 57.9 Å². The number of ketones is 2. The molecular weight excluding hydrogens is 490 g/mol.